The van der Waals surface area contributed by atoms with Gasteiger partial charge in [-0.3, -0.25) is 4.79 Å². The van der Waals surface area contributed by atoms with Crippen molar-refractivity contribution in [2.24, 2.45) is 5.92 Å². The number of hydrogen-bond acceptors (Lipinski definition) is 3. The van der Waals surface area contributed by atoms with Gasteiger partial charge in [0.1, 0.15) is 0 Å². The normalized spacial score (nSPS) is 26.5. The Bertz CT molecular complexity index is 872. The molecular formula is C24H28ClNO3. The quantitative estimate of drug-likeness (QED) is 0.625. The minimum atomic E-state index is -0.215. The molecule has 2 fully saturated rings. The molecule has 2 aromatic rings. The fourth-order valence-corrected chi connectivity index (χ4v) is 5.51. The second-order valence-corrected chi connectivity index (χ2v) is 8.81. The van der Waals surface area contributed by atoms with Crippen LogP contribution in [0.25, 0.3) is 0 Å². The van der Waals surface area contributed by atoms with Crippen LogP contribution in [0.5, 0.6) is 11.5 Å². The van der Waals surface area contributed by atoms with Gasteiger partial charge < -0.3 is 14.4 Å². The number of piperidine rings is 1. The zero-order valence-electron chi connectivity index (χ0n) is 17.1. The van der Waals surface area contributed by atoms with Gasteiger partial charge in [-0.25, -0.2) is 0 Å². The van der Waals surface area contributed by atoms with E-state index in [1.807, 2.05) is 29.2 Å². The third-order valence-electron chi connectivity index (χ3n) is 6.54. The summed E-state index contributed by atoms with van der Waals surface area (Å²) in [5.41, 5.74) is 1.78. The zero-order chi connectivity index (χ0) is 20.4. The van der Waals surface area contributed by atoms with E-state index < -0.39 is 0 Å². The van der Waals surface area contributed by atoms with Crippen molar-refractivity contribution in [1.82, 2.24) is 4.90 Å². The van der Waals surface area contributed by atoms with Crippen molar-refractivity contribution in [2.75, 3.05) is 20.8 Å². The van der Waals surface area contributed by atoms with Gasteiger partial charge in [-0.15, -0.1) is 11.6 Å². The highest BCUT2D eigenvalue weighted by Gasteiger charge is 2.50. The van der Waals surface area contributed by atoms with Crippen molar-refractivity contribution in [3.05, 3.63) is 59.7 Å². The molecule has 3 atom stereocenters. The predicted molar refractivity (Wildman–Crippen MR) is 115 cm³/mol. The van der Waals surface area contributed by atoms with E-state index in [-0.39, 0.29) is 22.7 Å². The van der Waals surface area contributed by atoms with Crippen molar-refractivity contribution in [3.63, 3.8) is 0 Å². The summed E-state index contributed by atoms with van der Waals surface area (Å²) in [6.07, 6.45) is 5.26. The maximum Gasteiger partial charge on any atom is 0.254 e. The van der Waals surface area contributed by atoms with Crippen LogP contribution in [0.1, 0.15) is 54.1 Å². The second kappa shape index (κ2) is 8.27. The highest BCUT2D eigenvalue weighted by molar-refractivity contribution is 6.24. The first-order valence-corrected chi connectivity index (χ1v) is 10.7. The van der Waals surface area contributed by atoms with Gasteiger partial charge in [-0.2, -0.15) is 0 Å². The van der Waals surface area contributed by atoms with E-state index >= 15 is 0 Å². The zero-order valence-corrected chi connectivity index (χ0v) is 17.8. The Morgan fingerprint density at radius 3 is 2.52 bits per heavy atom. The number of methoxy groups -OCH3 is 2. The Morgan fingerprint density at radius 1 is 1.03 bits per heavy atom. The van der Waals surface area contributed by atoms with E-state index in [9.17, 15) is 4.79 Å². The highest BCUT2D eigenvalue weighted by Crippen LogP contribution is 2.53. The average Bonchev–Trinajstić information content (AvgIpc) is 2.77. The van der Waals surface area contributed by atoms with Crippen LogP contribution in [0, 0.1) is 5.92 Å². The van der Waals surface area contributed by atoms with Gasteiger partial charge in [-0.1, -0.05) is 43.2 Å². The molecule has 1 heterocycles. The molecule has 0 N–H and O–H groups in total. The standard InChI is InChI=1S/C24H28ClNO3/c1-28-20-12-11-18(16-21(20)29-2)23(27)26-15-14-24(25)13-7-6-10-19(24)22(26)17-8-4-3-5-9-17/h3-5,8-9,11-12,16,19,22H,6-7,10,13-15H2,1-2H3. The Kier molecular flexibility index (Phi) is 5.73. The Labute approximate surface area is 177 Å². The number of hydrogen-bond donors (Lipinski definition) is 0. The molecule has 5 heteroatoms. The molecule has 2 aliphatic rings. The molecule has 2 aromatic carbocycles. The molecule has 1 aliphatic heterocycles. The van der Waals surface area contributed by atoms with Crippen molar-refractivity contribution >= 4 is 17.5 Å². The molecule has 4 rings (SSSR count). The molecule has 1 aliphatic carbocycles. The first-order chi connectivity index (χ1) is 14.1. The summed E-state index contributed by atoms with van der Waals surface area (Å²) < 4.78 is 10.7. The third kappa shape index (κ3) is 3.71. The van der Waals surface area contributed by atoms with E-state index in [0.29, 0.717) is 23.6 Å². The number of carbonyl (C=O) groups is 1. The van der Waals surface area contributed by atoms with Crippen molar-refractivity contribution in [1.29, 1.82) is 0 Å². The number of carbonyl (C=O) groups excluding carboxylic acids is 1. The van der Waals surface area contributed by atoms with Gasteiger partial charge in [0.2, 0.25) is 0 Å². The fraction of sp³-hybridized carbons (Fsp3) is 0.458. The van der Waals surface area contributed by atoms with Crippen LogP contribution in [0.4, 0.5) is 0 Å². The lowest BCUT2D eigenvalue weighted by molar-refractivity contribution is 0.0279. The van der Waals surface area contributed by atoms with E-state index in [1.165, 1.54) is 12.8 Å². The molecule has 4 nitrogen and oxygen atoms in total. The monoisotopic (exact) mass is 413 g/mol. The molecule has 0 bridgehead atoms. The number of halogens is 1. The minimum Gasteiger partial charge on any atom is -0.493 e. The van der Waals surface area contributed by atoms with Gasteiger partial charge in [0.15, 0.2) is 11.5 Å². The molecule has 0 radical (unpaired) electrons. The molecule has 0 spiro atoms. The van der Waals surface area contributed by atoms with E-state index in [2.05, 4.69) is 12.1 Å². The van der Waals surface area contributed by atoms with Gasteiger partial charge in [-0.05, 0) is 43.0 Å². The SMILES string of the molecule is COc1ccc(C(=O)N2CCC3(Cl)CCCCC3C2c2ccccc2)cc1OC. The summed E-state index contributed by atoms with van der Waals surface area (Å²) >= 11 is 7.15. The number of fused-ring (bicyclic) bond motifs is 1. The maximum absolute atomic E-state index is 13.6. The van der Waals surface area contributed by atoms with Gasteiger partial charge >= 0.3 is 0 Å². The van der Waals surface area contributed by atoms with Crippen LogP contribution in [-0.4, -0.2) is 36.4 Å². The number of rotatable bonds is 4. The van der Waals surface area contributed by atoms with Crippen LogP contribution in [0.15, 0.2) is 48.5 Å². The third-order valence-corrected chi connectivity index (χ3v) is 7.20. The van der Waals surface area contributed by atoms with Crippen LogP contribution < -0.4 is 9.47 Å². The number of nitrogens with zero attached hydrogens (tertiary/aromatic N) is 1. The Morgan fingerprint density at radius 2 is 1.79 bits per heavy atom. The van der Waals surface area contributed by atoms with E-state index in [4.69, 9.17) is 21.1 Å². The molecule has 3 unspecified atom stereocenters. The van der Waals surface area contributed by atoms with Crippen molar-refractivity contribution < 1.29 is 14.3 Å². The minimum absolute atomic E-state index is 0.0108. The summed E-state index contributed by atoms with van der Waals surface area (Å²) in [4.78, 5) is 15.4. The lowest BCUT2D eigenvalue weighted by Gasteiger charge is -2.52. The second-order valence-electron chi connectivity index (χ2n) is 8.06. The number of benzene rings is 2. The van der Waals surface area contributed by atoms with Gasteiger partial charge in [0.25, 0.3) is 5.91 Å². The number of amides is 1. The first kappa shape index (κ1) is 20.1. The highest BCUT2D eigenvalue weighted by atomic mass is 35.5. The number of likely N-dealkylation sites (tertiary alicyclic amines) is 1. The maximum atomic E-state index is 13.6. The molecular weight excluding hydrogens is 386 g/mol. The van der Waals surface area contributed by atoms with E-state index in [1.54, 1.807) is 26.4 Å². The summed E-state index contributed by atoms with van der Waals surface area (Å²) in [7, 11) is 3.18. The summed E-state index contributed by atoms with van der Waals surface area (Å²) in [6, 6.07) is 15.7. The average molecular weight is 414 g/mol. The Hall–Kier alpha value is -2.20. The fourth-order valence-electron chi connectivity index (χ4n) is 5.07. The lowest BCUT2D eigenvalue weighted by atomic mass is 9.68. The smallest absolute Gasteiger partial charge is 0.254 e. The molecule has 1 amide bonds. The first-order valence-electron chi connectivity index (χ1n) is 10.3. The largest absolute Gasteiger partial charge is 0.493 e. The molecule has 1 saturated carbocycles. The summed E-state index contributed by atoms with van der Waals surface area (Å²) in [5.74, 6) is 1.47. The van der Waals surface area contributed by atoms with Crippen LogP contribution in [0.2, 0.25) is 0 Å². The molecule has 1 saturated heterocycles. The van der Waals surface area contributed by atoms with Crippen molar-refractivity contribution in [3.8, 4) is 11.5 Å². The number of ether oxygens (including phenoxy) is 2. The summed E-state index contributed by atoms with van der Waals surface area (Å²) in [6.45, 7) is 0.659. The lowest BCUT2D eigenvalue weighted by Crippen LogP contribution is -2.53. The molecule has 29 heavy (non-hydrogen) atoms. The summed E-state index contributed by atoms with van der Waals surface area (Å²) in [5, 5.41) is 0. The van der Waals surface area contributed by atoms with E-state index in [0.717, 1.165) is 24.8 Å². The predicted octanol–water partition coefficient (Wildman–Crippen LogP) is 5.46. The van der Waals surface area contributed by atoms with Gasteiger partial charge in [0.05, 0.1) is 25.1 Å². The van der Waals surface area contributed by atoms with Crippen molar-refractivity contribution in [2.45, 2.75) is 43.0 Å². The number of alkyl halides is 1. The van der Waals surface area contributed by atoms with Crippen LogP contribution in [-0.2, 0) is 0 Å². The van der Waals surface area contributed by atoms with Gasteiger partial charge in [0, 0.05) is 18.0 Å². The topological polar surface area (TPSA) is 38.8 Å². The van der Waals surface area contributed by atoms with Crippen LogP contribution in [0.3, 0.4) is 0 Å². The van der Waals surface area contributed by atoms with Crippen LogP contribution >= 0.6 is 11.6 Å². The Balaban J connectivity index is 1.72. The molecule has 154 valence electrons. The molecule has 0 aromatic heterocycles.